The maximum absolute atomic E-state index is 12.2. The topological polar surface area (TPSA) is 83.6 Å². The van der Waals surface area contributed by atoms with Crippen molar-refractivity contribution in [3.63, 3.8) is 0 Å². The number of nitrogens with zero attached hydrogens (tertiary/aromatic N) is 1. The van der Waals surface area contributed by atoms with Crippen molar-refractivity contribution < 1.29 is 14.7 Å². The summed E-state index contributed by atoms with van der Waals surface area (Å²) in [6.45, 7) is 3.48. The summed E-state index contributed by atoms with van der Waals surface area (Å²) in [6, 6.07) is -0.894. The first-order valence-electron chi connectivity index (χ1n) is 6.41. The molecule has 5 nitrogen and oxygen atoms in total. The van der Waals surface area contributed by atoms with Crippen LogP contribution in [0.3, 0.4) is 0 Å². The van der Waals surface area contributed by atoms with Crippen LogP contribution in [0.5, 0.6) is 0 Å². The molecule has 0 aromatic carbocycles. The summed E-state index contributed by atoms with van der Waals surface area (Å²) in [5.41, 5.74) is 5.42. The van der Waals surface area contributed by atoms with E-state index in [4.69, 9.17) is 10.8 Å². The Kier molecular flexibility index (Phi) is 6.49. The Bertz CT molecular complexity index is 291. The number of thioether (sulfide) groups is 1. The van der Waals surface area contributed by atoms with Crippen LogP contribution in [-0.4, -0.2) is 52.0 Å². The van der Waals surface area contributed by atoms with E-state index in [1.807, 2.05) is 11.8 Å². The first kappa shape index (κ1) is 15.3. The van der Waals surface area contributed by atoms with Gasteiger partial charge >= 0.3 is 5.97 Å². The van der Waals surface area contributed by atoms with Gasteiger partial charge in [0.25, 0.3) is 0 Å². The van der Waals surface area contributed by atoms with Gasteiger partial charge < -0.3 is 15.7 Å². The third-order valence-electron chi connectivity index (χ3n) is 3.11. The maximum Gasteiger partial charge on any atom is 0.321 e. The number of hydrogen-bond donors (Lipinski definition) is 2. The minimum Gasteiger partial charge on any atom is -0.480 e. The Morgan fingerprint density at radius 1 is 1.28 bits per heavy atom. The van der Waals surface area contributed by atoms with Crippen LogP contribution in [0, 0.1) is 0 Å². The number of carbonyl (C=O) groups excluding carboxylic acids is 1. The van der Waals surface area contributed by atoms with Crippen LogP contribution in [0.4, 0.5) is 0 Å². The van der Waals surface area contributed by atoms with Crippen molar-refractivity contribution in [2.24, 2.45) is 5.73 Å². The molecule has 1 unspecified atom stereocenters. The molecule has 0 bridgehead atoms. The molecule has 1 saturated heterocycles. The number of hydrogen-bond acceptors (Lipinski definition) is 4. The molecule has 1 aliphatic rings. The zero-order valence-corrected chi connectivity index (χ0v) is 11.6. The highest BCUT2D eigenvalue weighted by molar-refractivity contribution is 8.00. The fourth-order valence-electron chi connectivity index (χ4n) is 1.94. The van der Waals surface area contributed by atoms with Gasteiger partial charge in [-0.2, -0.15) is 0 Å². The van der Waals surface area contributed by atoms with Gasteiger partial charge in [-0.1, -0.05) is 12.8 Å². The van der Waals surface area contributed by atoms with Crippen LogP contribution in [0.2, 0.25) is 0 Å². The summed E-state index contributed by atoms with van der Waals surface area (Å²) in [5, 5.41) is 8.47. The zero-order chi connectivity index (χ0) is 13.5. The van der Waals surface area contributed by atoms with Gasteiger partial charge in [0.2, 0.25) is 5.91 Å². The molecule has 3 N–H and O–H groups in total. The number of carboxylic acid groups (broad SMARTS) is 1. The summed E-state index contributed by atoms with van der Waals surface area (Å²) in [7, 11) is 0. The number of likely N-dealkylation sites (tertiary alicyclic amines) is 1. The van der Waals surface area contributed by atoms with Crippen molar-refractivity contribution in [2.45, 2.75) is 43.9 Å². The van der Waals surface area contributed by atoms with Crippen LogP contribution < -0.4 is 5.73 Å². The van der Waals surface area contributed by atoms with Gasteiger partial charge in [-0.25, -0.2) is 0 Å². The number of carbonyl (C=O) groups is 2. The lowest BCUT2D eigenvalue weighted by atomic mass is 10.2. The first-order chi connectivity index (χ1) is 8.52. The molecular formula is C12H22N2O3S. The largest absolute Gasteiger partial charge is 0.480 e. The van der Waals surface area contributed by atoms with Gasteiger partial charge in [0, 0.05) is 18.8 Å². The van der Waals surface area contributed by atoms with Crippen molar-refractivity contribution >= 4 is 23.6 Å². The molecular weight excluding hydrogens is 252 g/mol. The minimum absolute atomic E-state index is 0.111. The van der Waals surface area contributed by atoms with E-state index in [9.17, 15) is 9.59 Å². The van der Waals surface area contributed by atoms with Gasteiger partial charge in [-0.15, -0.1) is 11.8 Å². The van der Waals surface area contributed by atoms with Crippen LogP contribution in [0.15, 0.2) is 0 Å². The molecule has 18 heavy (non-hydrogen) atoms. The third-order valence-corrected chi connectivity index (χ3v) is 4.36. The molecule has 0 aliphatic carbocycles. The second kappa shape index (κ2) is 7.63. The maximum atomic E-state index is 12.2. The molecule has 0 aromatic rings. The lowest BCUT2D eigenvalue weighted by molar-refractivity contribution is -0.138. The monoisotopic (exact) mass is 274 g/mol. The molecule has 1 amide bonds. The van der Waals surface area contributed by atoms with E-state index in [1.165, 1.54) is 24.6 Å². The molecule has 1 fully saturated rings. The van der Waals surface area contributed by atoms with Crippen molar-refractivity contribution in [1.82, 2.24) is 4.90 Å². The summed E-state index contributed by atoms with van der Waals surface area (Å²) in [4.78, 5) is 24.6. The van der Waals surface area contributed by atoms with Gasteiger partial charge in [0.05, 0.1) is 5.25 Å². The highest BCUT2D eigenvalue weighted by Gasteiger charge is 2.23. The van der Waals surface area contributed by atoms with E-state index >= 15 is 0 Å². The van der Waals surface area contributed by atoms with Crippen LogP contribution in [0.25, 0.3) is 0 Å². The lowest BCUT2D eigenvalue weighted by Crippen LogP contribution is -2.39. The van der Waals surface area contributed by atoms with E-state index in [0.717, 1.165) is 25.9 Å². The van der Waals surface area contributed by atoms with Gasteiger partial charge in [0.15, 0.2) is 0 Å². The highest BCUT2D eigenvalue weighted by Crippen LogP contribution is 2.17. The molecule has 1 aliphatic heterocycles. The number of rotatable bonds is 5. The first-order valence-corrected chi connectivity index (χ1v) is 7.46. The Balaban J connectivity index is 2.37. The normalized spacial score (nSPS) is 20.0. The molecule has 6 heteroatoms. The van der Waals surface area contributed by atoms with E-state index in [2.05, 4.69) is 0 Å². The van der Waals surface area contributed by atoms with E-state index in [0.29, 0.717) is 0 Å². The fraction of sp³-hybridized carbons (Fsp3) is 0.833. The number of amides is 1. The van der Waals surface area contributed by atoms with E-state index < -0.39 is 12.0 Å². The summed E-state index contributed by atoms with van der Waals surface area (Å²) < 4.78 is 0. The van der Waals surface area contributed by atoms with E-state index in [-0.39, 0.29) is 16.9 Å². The van der Waals surface area contributed by atoms with Crippen molar-refractivity contribution in [3.05, 3.63) is 0 Å². The standard InChI is InChI=1S/C12H22N2O3S/c1-9(18-8-10(13)12(16)17)11(15)14-6-4-2-3-5-7-14/h9-10H,2-8,13H2,1H3,(H,16,17)/t9?,10-/m1/s1. The summed E-state index contributed by atoms with van der Waals surface area (Å²) in [6.07, 6.45) is 4.51. The molecule has 1 rings (SSSR count). The SMILES string of the molecule is CC(SC[C@@H](N)C(=O)O)C(=O)N1CCCCCC1. The van der Waals surface area contributed by atoms with Gasteiger partial charge in [-0.3, -0.25) is 9.59 Å². The molecule has 2 atom stereocenters. The number of aliphatic carboxylic acids is 1. The van der Waals surface area contributed by atoms with Crippen molar-refractivity contribution in [1.29, 1.82) is 0 Å². The van der Waals surface area contributed by atoms with Crippen molar-refractivity contribution in [3.8, 4) is 0 Å². The predicted octanol–water partition coefficient (Wildman–Crippen LogP) is 0.923. The van der Waals surface area contributed by atoms with Gasteiger partial charge in [0.1, 0.15) is 6.04 Å². The molecule has 104 valence electrons. The Morgan fingerprint density at radius 2 is 1.83 bits per heavy atom. The lowest BCUT2D eigenvalue weighted by Gasteiger charge is -2.24. The molecule has 0 spiro atoms. The average Bonchev–Trinajstić information content (AvgIpc) is 2.63. The van der Waals surface area contributed by atoms with E-state index in [1.54, 1.807) is 0 Å². The zero-order valence-electron chi connectivity index (χ0n) is 10.8. The van der Waals surface area contributed by atoms with Crippen LogP contribution in [0.1, 0.15) is 32.6 Å². The van der Waals surface area contributed by atoms with Crippen molar-refractivity contribution in [2.75, 3.05) is 18.8 Å². The quantitative estimate of drug-likeness (QED) is 0.779. The second-order valence-corrected chi connectivity index (χ2v) is 6.03. The Hall–Kier alpha value is -0.750. The minimum atomic E-state index is -1.02. The fourth-order valence-corrected chi connectivity index (χ4v) is 2.87. The Labute approximate surface area is 112 Å². The third kappa shape index (κ3) is 4.86. The smallest absolute Gasteiger partial charge is 0.321 e. The molecule has 0 saturated carbocycles. The number of nitrogens with two attached hydrogens (primary N) is 1. The Morgan fingerprint density at radius 3 is 2.33 bits per heavy atom. The predicted molar refractivity (Wildman–Crippen MR) is 72.6 cm³/mol. The van der Waals surface area contributed by atoms with Crippen LogP contribution >= 0.6 is 11.8 Å². The summed E-state index contributed by atoms with van der Waals surface area (Å²) >= 11 is 1.32. The average molecular weight is 274 g/mol. The molecule has 1 heterocycles. The second-order valence-electron chi connectivity index (χ2n) is 4.66. The molecule has 0 radical (unpaired) electrons. The number of carboxylic acids is 1. The molecule has 0 aromatic heterocycles. The highest BCUT2D eigenvalue weighted by atomic mass is 32.2. The van der Waals surface area contributed by atoms with Crippen LogP contribution in [-0.2, 0) is 9.59 Å². The summed E-state index contributed by atoms with van der Waals surface area (Å²) in [5.74, 6) is -0.632. The van der Waals surface area contributed by atoms with Gasteiger partial charge in [-0.05, 0) is 19.8 Å².